The first-order chi connectivity index (χ1) is 11.3. The number of nitrogens with one attached hydrogen (secondary N) is 2. The molecule has 3 N–H and O–H groups in total. The predicted molar refractivity (Wildman–Crippen MR) is 83.8 cm³/mol. The Morgan fingerprint density at radius 1 is 1.38 bits per heavy atom. The quantitative estimate of drug-likeness (QED) is 0.703. The number of ether oxygens (including phenoxy) is 1. The van der Waals surface area contributed by atoms with Gasteiger partial charge in [-0.1, -0.05) is 13.8 Å². The highest BCUT2D eigenvalue weighted by Crippen LogP contribution is 2.30. The van der Waals surface area contributed by atoms with E-state index in [9.17, 15) is 18.3 Å². The van der Waals surface area contributed by atoms with E-state index < -0.39 is 17.9 Å². The first-order valence-corrected chi connectivity index (χ1v) is 7.98. The van der Waals surface area contributed by atoms with Gasteiger partial charge in [0.1, 0.15) is 5.82 Å². The van der Waals surface area contributed by atoms with Gasteiger partial charge in [-0.15, -0.1) is 0 Å². The average Bonchev–Trinajstić information content (AvgIpc) is 3.02. The van der Waals surface area contributed by atoms with Crippen LogP contribution in [-0.2, 0) is 10.9 Å². The largest absolute Gasteiger partial charge is 0.433 e. The Morgan fingerprint density at radius 2 is 2.12 bits per heavy atom. The molecule has 0 aliphatic carbocycles. The first kappa shape index (κ1) is 18.7. The third-order valence-electron chi connectivity index (χ3n) is 3.87. The number of aromatic nitrogens is 2. The van der Waals surface area contributed by atoms with E-state index >= 15 is 0 Å². The molecule has 0 unspecified atom stereocenters. The molecule has 0 spiro atoms. The lowest BCUT2D eigenvalue weighted by Gasteiger charge is -2.21. The normalized spacial score (nSPS) is 19.5. The second-order valence-corrected chi connectivity index (χ2v) is 6.15. The Kier molecular flexibility index (Phi) is 6.22. The molecule has 1 aliphatic rings. The third-order valence-corrected chi connectivity index (χ3v) is 3.87. The molecule has 0 radical (unpaired) electrons. The number of halogens is 3. The van der Waals surface area contributed by atoms with Crippen LogP contribution >= 0.6 is 0 Å². The molecule has 9 heteroatoms. The van der Waals surface area contributed by atoms with Gasteiger partial charge in [-0.05, 0) is 18.8 Å². The fourth-order valence-corrected chi connectivity index (χ4v) is 2.36. The zero-order valence-electron chi connectivity index (χ0n) is 13.7. The minimum absolute atomic E-state index is 0.0106. The van der Waals surface area contributed by atoms with Gasteiger partial charge in [0.2, 0.25) is 5.95 Å². The summed E-state index contributed by atoms with van der Waals surface area (Å²) in [6, 6.07) is 0.447. The van der Waals surface area contributed by atoms with Crippen LogP contribution in [0.2, 0.25) is 0 Å². The summed E-state index contributed by atoms with van der Waals surface area (Å²) >= 11 is 0. The van der Waals surface area contributed by atoms with Gasteiger partial charge >= 0.3 is 6.18 Å². The van der Waals surface area contributed by atoms with Crippen LogP contribution in [-0.4, -0.2) is 47.0 Å². The average molecular weight is 348 g/mol. The number of aliphatic hydroxyl groups excluding tert-OH is 1. The lowest BCUT2D eigenvalue weighted by molar-refractivity contribution is -0.141. The third kappa shape index (κ3) is 5.20. The van der Waals surface area contributed by atoms with Crippen LogP contribution in [0.3, 0.4) is 0 Å². The summed E-state index contributed by atoms with van der Waals surface area (Å²) in [6.07, 6.45) is -2.78. The molecular weight excluding hydrogens is 325 g/mol. The fraction of sp³-hybridized carbons (Fsp3) is 0.733. The Morgan fingerprint density at radius 3 is 2.67 bits per heavy atom. The minimum Gasteiger partial charge on any atom is -0.394 e. The summed E-state index contributed by atoms with van der Waals surface area (Å²) in [5.74, 6) is -0.0698. The van der Waals surface area contributed by atoms with Crippen LogP contribution in [0, 0.1) is 5.92 Å². The van der Waals surface area contributed by atoms with Gasteiger partial charge in [0.05, 0.1) is 18.8 Å². The highest BCUT2D eigenvalue weighted by atomic mass is 19.4. The molecule has 1 saturated heterocycles. The van der Waals surface area contributed by atoms with Crippen molar-refractivity contribution >= 4 is 11.8 Å². The van der Waals surface area contributed by atoms with Crippen molar-refractivity contribution in [3.05, 3.63) is 11.8 Å². The van der Waals surface area contributed by atoms with Crippen molar-refractivity contribution in [2.75, 3.05) is 30.4 Å². The summed E-state index contributed by atoms with van der Waals surface area (Å²) in [4.78, 5) is 7.60. The standard InChI is InChI=1S/C15H23F3N4O2/c1-9(2)11(8-23)20-14-21-12(15(16,17)18)6-13(22-14)19-7-10-4-3-5-24-10/h6,9-11,23H,3-5,7-8H2,1-2H3,(H2,19,20,21,22)/t10-,11-/m0/s1. The molecular formula is C15H23F3N4O2. The van der Waals surface area contributed by atoms with Crippen molar-refractivity contribution < 1.29 is 23.0 Å². The minimum atomic E-state index is -4.58. The Balaban J connectivity index is 2.17. The second kappa shape index (κ2) is 7.98. The molecule has 0 amide bonds. The van der Waals surface area contributed by atoms with Crippen LogP contribution in [0.15, 0.2) is 6.07 Å². The summed E-state index contributed by atoms with van der Waals surface area (Å²) in [5, 5.41) is 15.0. The van der Waals surface area contributed by atoms with Gasteiger partial charge in [-0.3, -0.25) is 0 Å². The monoisotopic (exact) mass is 348 g/mol. The second-order valence-electron chi connectivity index (χ2n) is 6.15. The van der Waals surface area contributed by atoms with E-state index in [2.05, 4.69) is 20.6 Å². The molecule has 0 aromatic carbocycles. The van der Waals surface area contributed by atoms with Crippen molar-refractivity contribution in [1.29, 1.82) is 0 Å². The number of nitrogens with zero attached hydrogens (tertiary/aromatic N) is 2. The number of hydrogen-bond donors (Lipinski definition) is 3. The SMILES string of the molecule is CC(C)[C@H](CO)Nc1nc(NC[C@@H]2CCCO2)cc(C(F)(F)F)n1. The van der Waals surface area contributed by atoms with Gasteiger partial charge < -0.3 is 20.5 Å². The summed E-state index contributed by atoms with van der Waals surface area (Å²) < 4.78 is 44.6. The van der Waals surface area contributed by atoms with Gasteiger partial charge in [0.15, 0.2) is 5.69 Å². The van der Waals surface area contributed by atoms with Crippen LogP contribution in [0.1, 0.15) is 32.4 Å². The Labute approximate surface area is 138 Å². The number of anilines is 2. The molecule has 0 saturated carbocycles. The molecule has 6 nitrogen and oxygen atoms in total. The maximum atomic E-state index is 13.0. The number of rotatable bonds is 7. The first-order valence-electron chi connectivity index (χ1n) is 7.98. The van der Waals surface area contributed by atoms with E-state index in [0.717, 1.165) is 18.9 Å². The van der Waals surface area contributed by atoms with Crippen molar-refractivity contribution in [3.63, 3.8) is 0 Å². The fourth-order valence-electron chi connectivity index (χ4n) is 2.36. The predicted octanol–water partition coefficient (Wildman–Crippen LogP) is 2.52. The van der Waals surface area contributed by atoms with Gasteiger partial charge in [0.25, 0.3) is 0 Å². The molecule has 2 rings (SSSR count). The molecule has 136 valence electrons. The van der Waals surface area contributed by atoms with Crippen molar-refractivity contribution in [2.24, 2.45) is 5.92 Å². The molecule has 2 heterocycles. The highest BCUT2D eigenvalue weighted by Gasteiger charge is 2.34. The lowest BCUT2D eigenvalue weighted by atomic mass is 10.1. The Bertz CT molecular complexity index is 534. The van der Waals surface area contributed by atoms with Crippen LogP contribution < -0.4 is 10.6 Å². The van der Waals surface area contributed by atoms with E-state index in [1.54, 1.807) is 0 Å². The maximum Gasteiger partial charge on any atom is 0.433 e. The van der Waals surface area contributed by atoms with E-state index in [4.69, 9.17) is 4.74 Å². The number of hydrogen-bond acceptors (Lipinski definition) is 6. The summed E-state index contributed by atoms with van der Waals surface area (Å²) in [5.41, 5.74) is -1.03. The molecule has 1 aliphatic heterocycles. The molecule has 1 fully saturated rings. The van der Waals surface area contributed by atoms with E-state index in [1.165, 1.54) is 0 Å². The summed E-state index contributed by atoms with van der Waals surface area (Å²) in [7, 11) is 0. The number of aliphatic hydroxyl groups is 1. The van der Waals surface area contributed by atoms with Crippen LogP contribution in [0.4, 0.5) is 24.9 Å². The molecule has 1 aromatic rings. The Hall–Kier alpha value is -1.61. The van der Waals surface area contributed by atoms with E-state index in [1.807, 2.05) is 13.8 Å². The van der Waals surface area contributed by atoms with Crippen molar-refractivity contribution in [3.8, 4) is 0 Å². The van der Waals surface area contributed by atoms with Crippen molar-refractivity contribution in [2.45, 2.75) is 45.0 Å². The van der Waals surface area contributed by atoms with Crippen LogP contribution in [0.25, 0.3) is 0 Å². The van der Waals surface area contributed by atoms with E-state index in [0.29, 0.717) is 13.2 Å². The van der Waals surface area contributed by atoms with Gasteiger partial charge in [-0.2, -0.15) is 18.2 Å². The molecule has 2 atom stereocenters. The molecule has 0 bridgehead atoms. The number of alkyl halides is 3. The molecule has 24 heavy (non-hydrogen) atoms. The van der Waals surface area contributed by atoms with Gasteiger partial charge in [-0.25, -0.2) is 4.98 Å². The van der Waals surface area contributed by atoms with Gasteiger partial charge in [0, 0.05) is 19.2 Å². The smallest absolute Gasteiger partial charge is 0.394 e. The lowest BCUT2D eigenvalue weighted by Crippen LogP contribution is -2.31. The highest BCUT2D eigenvalue weighted by molar-refractivity contribution is 5.43. The zero-order chi connectivity index (χ0) is 17.7. The summed E-state index contributed by atoms with van der Waals surface area (Å²) in [6.45, 7) is 4.52. The van der Waals surface area contributed by atoms with Crippen molar-refractivity contribution in [1.82, 2.24) is 9.97 Å². The molecule has 1 aromatic heterocycles. The van der Waals surface area contributed by atoms with E-state index in [-0.39, 0.29) is 30.4 Å². The zero-order valence-corrected chi connectivity index (χ0v) is 13.7. The van der Waals surface area contributed by atoms with Crippen LogP contribution in [0.5, 0.6) is 0 Å². The topological polar surface area (TPSA) is 79.3 Å². The maximum absolute atomic E-state index is 13.0.